The second-order valence-corrected chi connectivity index (χ2v) is 5.41. The first-order chi connectivity index (χ1) is 8.50. The fourth-order valence-electron chi connectivity index (χ4n) is 1.77. The van der Waals surface area contributed by atoms with Crippen molar-refractivity contribution in [2.24, 2.45) is 11.7 Å². The van der Waals surface area contributed by atoms with Gasteiger partial charge in [-0.25, -0.2) is 9.37 Å². The molecule has 2 aromatic rings. The van der Waals surface area contributed by atoms with Gasteiger partial charge in [0.2, 0.25) is 0 Å². The van der Waals surface area contributed by atoms with Crippen molar-refractivity contribution < 1.29 is 4.39 Å². The monoisotopic (exact) mass is 311 g/mol. The van der Waals surface area contributed by atoms with Crippen molar-refractivity contribution in [3.63, 3.8) is 0 Å². The molecule has 5 heteroatoms. The molecule has 18 heavy (non-hydrogen) atoms. The Morgan fingerprint density at radius 1 is 1.39 bits per heavy atom. The molecule has 1 unspecified atom stereocenters. The normalized spacial score (nSPS) is 13.0. The molecule has 0 amide bonds. The molecule has 1 atom stereocenters. The molecular formula is C13H15BrFN3. The van der Waals surface area contributed by atoms with Crippen LogP contribution in [0.5, 0.6) is 0 Å². The van der Waals surface area contributed by atoms with Crippen LogP contribution in [0.2, 0.25) is 0 Å². The Hall–Kier alpha value is -1.20. The van der Waals surface area contributed by atoms with E-state index in [1.807, 2.05) is 4.57 Å². The molecule has 1 heterocycles. The third-order valence-corrected chi connectivity index (χ3v) is 3.53. The molecule has 0 saturated carbocycles. The van der Waals surface area contributed by atoms with Crippen LogP contribution in [0.15, 0.2) is 35.2 Å². The lowest BCUT2D eigenvalue weighted by atomic mass is 10.0. The first-order valence-electron chi connectivity index (χ1n) is 5.74. The summed E-state index contributed by atoms with van der Waals surface area (Å²) in [6, 6.07) is 4.45. The molecule has 2 rings (SSSR count). The highest BCUT2D eigenvalue weighted by Gasteiger charge is 2.17. The van der Waals surface area contributed by atoms with Crippen LogP contribution in [-0.4, -0.2) is 9.55 Å². The predicted molar refractivity (Wildman–Crippen MR) is 73.0 cm³/mol. The lowest BCUT2D eigenvalue weighted by molar-refractivity contribution is 0.496. The standard InChI is InChI=1S/C13H15BrFN3/c1-8(2)13(16)12-6-17-7-18(12)11-4-3-9(15)5-10(11)14/h3-8,13H,16H2,1-2H3. The maximum absolute atomic E-state index is 13.1. The van der Waals surface area contributed by atoms with Gasteiger partial charge in [-0.2, -0.15) is 0 Å². The summed E-state index contributed by atoms with van der Waals surface area (Å²) in [5.41, 5.74) is 7.90. The van der Waals surface area contributed by atoms with E-state index in [2.05, 4.69) is 34.8 Å². The number of halogens is 2. The van der Waals surface area contributed by atoms with Crippen LogP contribution < -0.4 is 5.73 Å². The number of benzene rings is 1. The summed E-state index contributed by atoms with van der Waals surface area (Å²) in [5.74, 6) is 0.0279. The second kappa shape index (κ2) is 5.20. The number of hydrogen-bond acceptors (Lipinski definition) is 2. The van der Waals surface area contributed by atoms with Crippen LogP contribution >= 0.6 is 15.9 Å². The Morgan fingerprint density at radius 3 is 2.72 bits per heavy atom. The molecule has 1 aromatic carbocycles. The lowest BCUT2D eigenvalue weighted by Gasteiger charge is -2.18. The summed E-state index contributed by atoms with van der Waals surface area (Å²) in [5, 5.41) is 0. The highest BCUT2D eigenvalue weighted by atomic mass is 79.9. The van der Waals surface area contributed by atoms with Crippen molar-refractivity contribution >= 4 is 15.9 Å². The average molecular weight is 312 g/mol. The molecule has 0 bridgehead atoms. The van der Waals surface area contributed by atoms with Gasteiger partial charge in [-0.3, -0.25) is 0 Å². The minimum Gasteiger partial charge on any atom is -0.322 e. The van der Waals surface area contributed by atoms with Crippen molar-refractivity contribution in [3.05, 3.63) is 46.7 Å². The van der Waals surface area contributed by atoms with E-state index < -0.39 is 0 Å². The zero-order valence-corrected chi connectivity index (χ0v) is 11.9. The molecule has 0 saturated heterocycles. The summed E-state index contributed by atoms with van der Waals surface area (Å²) in [6.07, 6.45) is 3.44. The van der Waals surface area contributed by atoms with Gasteiger partial charge in [0.15, 0.2) is 0 Å². The molecule has 0 fully saturated rings. The zero-order chi connectivity index (χ0) is 13.3. The topological polar surface area (TPSA) is 43.8 Å². The molecule has 2 N–H and O–H groups in total. The van der Waals surface area contributed by atoms with Crippen LogP contribution in [0.1, 0.15) is 25.6 Å². The average Bonchev–Trinajstić information content (AvgIpc) is 2.76. The largest absolute Gasteiger partial charge is 0.322 e. The van der Waals surface area contributed by atoms with Crippen LogP contribution in [0.3, 0.4) is 0 Å². The van der Waals surface area contributed by atoms with Gasteiger partial charge in [0.05, 0.1) is 23.9 Å². The third-order valence-electron chi connectivity index (χ3n) is 2.90. The highest BCUT2D eigenvalue weighted by molar-refractivity contribution is 9.10. The number of nitrogens with zero attached hydrogens (tertiary/aromatic N) is 2. The van der Waals surface area contributed by atoms with Crippen LogP contribution in [0.4, 0.5) is 4.39 Å². The maximum atomic E-state index is 13.1. The number of rotatable bonds is 3. The van der Waals surface area contributed by atoms with Crippen molar-refractivity contribution in [1.82, 2.24) is 9.55 Å². The first kappa shape index (κ1) is 13.2. The number of imidazole rings is 1. The number of aromatic nitrogens is 2. The van der Waals surface area contributed by atoms with Crippen molar-refractivity contribution in [1.29, 1.82) is 0 Å². The summed E-state index contributed by atoms with van der Waals surface area (Å²) in [7, 11) is 0. The van der Waals surface area contributed by atoms with E-state index in [9.17, 15) is 4.39 Å². The van der Waals surface area contributed by atoms with E-state index in [4.69, 9.17) is 5.73 Å². The van der Waals surface area contributed by atoms with Crippen molar-refractivity contribution in [2.45, 2.75) is 19.9 Å². The summed E-state index contributed by atoms with van der Waals surface area (Å²) < 4.78 is 15.7. The highest BCUT2D eigenvalue weighted by Crippen LogP contribution is 2.27. The smallest absolute Gasteiger partial charge is 0.124 e. The van der Waals surface area contributed by atoms with E-state index in [-0.39, 0.29) is 11.9 Å². The Morgan fingerprint density at radius 2 is 2.11 bits per heavy atom. The summed E-state index contributed by atoms with van der Waals surface area (Å²) in [6.45, 7) is 4.11. The molecule has 0 spiro atoms. The van der Waals surface area contributed by atoms with Gasteiger partial charge in [-0.15, -0.1) is 0 Å². The predicted octanol–water partition coefficient (Wildman–Crippen LogP) is 3.43. The van der Waals surface area contributed by atoms with Gasteiger partial charge >= 0.3 is 0 Å². The Balaban J connectivity index is 2.49. The van der Waals surface area contributed by atoms with E-state index in [0.29, 0.717) is 10.4 Å². The zero-order valence-electron chi connectivity index (χ0n) is 10.3. The molecule has 3 nitrogen and oxygen atoms in total. The van der Waals surface area contributed by atoms with Gasteiger partial charge in [-0.05, 0) is 40.0 Å². The fourth-order valence-corrected chi connectivity index (χ4v) is 2.31. The minimum absolute atomic E-state index is 0.107. The van der Waals surface area contributed by atoms with Gasteiger partial charge in [-0.1, -0.05) is 13.8 Å². The van der Waals surface area contributed by atoms with Gasteiger partial charge in [0, 0.05) is 10.5 Å². The van der Waals surface area contributed by atoms with Crippen molar-refractivity contribution in [2.75, 3.05) is 0 Å². The second-order valence-electron chi connectivity index (χ2n) is 4.55. The van der Waals surface area contributed by atoms with E-state index in [1.165, 1.54) is 12.1 Å². The molecular weight excluding hydrogens is 297 g/mol. The Bertz CT molecular complexity index is 551. The van der Waals surface area contributed by atoms with E-state index in [0.717, 1.165) is 11.4 Å². The molecule has 1 aromatic heterocycles. The van der Waals surface area contributed by atoms with Crippen LogP contribution in [0, 0.1) is 11.7 Å². The molecule has 0 aliphatic heterocycles. The summed E-state index contributed by atoms with van der Waals surface area (Å²) >= 11 is 3.36. The lowest BCUT2D eigenvalue weighted by Crippen LogP contribution is -2.20. The number of hydrogen-bond donors (Lipinski definition) is 1. The molecule has 96 valence electrons. The van der Waals surface area contributed by atoms with Gasteiger partial charge in [0.25, 0.3) is 0 Å². The third kappa shape index (κ3) is 2.47. The molecule has 0 radical (unpaired) electrons. The fraction of sp³-hybridized carbons (Fsp3) is 0.308. The van der Waals surface area contributed by atoms with Crippen LogP contribution in [-0.2, 0) is 0 Å². The SMILES string of the molecule is CC(C)C(N)c1cncn1-c1ccc(F)cc1Br. The maximum Gasteiger partial charge on any atom is 0.124 e. The van der Waals surface area contributed by atoms with E-state index in [1.54, 1.807) is 18.6 Å². The Labute approximate surface area is 114 Å². The summed E-state index contributed by atoms with van der Waals surface area (Å²) in [4.78, 5) is 4.13. The Kier molecular flexibility index (Phi) is 3.82. The van der Waals surface area contributed by atoms with Crippen molar-refractivity contribution in [3.8, 4) is 5.69 Å². The molecule has 0 aliphatic rings. The van der Waals surface area contributed by atoms with Gasteiger partial charge in [0.1, 0.15) is 5.82 Å². The van der Waals surface area contributed by atoms with E-state index >= 15 is 0 Å². The van der Waals surface area contributed by atoms with Gasteiger partial charge < -0.3 is 10.3 Å². The minimum atomic E-state index is -0.277. The number of nitrogens with two attached hydrogens (primary N) is 1. The molecule has 0 aliphatic carbocycles. The van der Waals surface area contributed by atoms with Crippen LogP contribution in [0.25, 0.3) is 5.69 Å². The quantitative estimate of drug-likeness (QED) is 0.943. The first-order valence-corrected chi connectivity index (χ1v) is 6.53.